The molecule has 0 aliphatic heterocycles. The molecule has 0 radical (unpaired) electrons. The van der Waals surface area contributed by atoms with Crippen LogP contribution in [0.25, 0.3) is 0 Å². The highest BCUT2D eigenvalue weighted by Crippen LogP contribution is 2.38. The van der Waals surface area contributed by atoms with Gasteiger partial charge in [-0.1, -0.05) is 24.6 Å². The lowest BCUT2D eigenvalue weighted by Crippen LogP contribution is -2.13. The Labute approximate surface area is 180 Å². The van der Waals surface area contributed by atoms with Crippen molar-refractivity contribution in [2.75, 3.05) is 11.1 Å². The van der Waals surface area contributed by atoms with Gasteiger partial charge in [0.05, 0.1) is 11.3 Å². The molecule has 2 aliphatic rings. The molecule has 0 bridgehead atoms. The summed E-state index contributed by atoms with van der Waals surface area (Å²) in [5, 5.41) is 14.4. The summed E-state index contributed by atoms with van der Waals surface area (Å²) in [6.07, 6.45) is 9.76. The van der Waals surface area contributed by atoms with Crippen molar-refractivity contribution in [3.8, 4) is 6.07 Å². The largest absolute Gasteiger partial charge is 0.320 e. The molecule has 1 N–H and O–H groups in total. The first-order valence-corrected chi connectivity index (χ1v) is 12.4. The van der Waals surface area contributed by atoms with Crippen LogP contribution in [-0.2, 0) is 17.6 Å². The van der Waals surface area contributed by atoms with Crippen molar-refractivity contribution in [3.05, 3.63) is 27.4 Å². The second kappa shape index (κ2) is 8.93. The van der Waals surface area contributed by atoms with E-state index in [1.807, 2.05) is 0 Å². The fourth-order valence-corrected chi connectivity index (χ4v) is 6.84. The van der Waals surface area contributed by atoms with E-state index >= 15 is 0 Å². The highest BCUT2D eigenvalue weighted by molar-refractivity contribution is 7.99. The zero-order valence-electron chi connectivity index (χ0n) is 17.2. The molecule has 154 valence electrons. The molecule has 2 aliphatic carbocycles. The molecule has 7 heteroatoms. The third-order valence-electron chi connectivity index (χ3n) is 6.14. The third-order valence-corrected chi connectivity index (χ3v) is 8.30. The number of aryl methyl sites for hydroxylation is 2. The van der Waals surface area contributed by atoms with Crippen LogP contribution in [0.4, 0.5) is 5.00 Å². The van der Waals surface area contributed by atoms with E-state index in [1.165, 1.54) is 42.7 Å². The van der Waals surface area contributed by atoms with E-state index < -0.39 is 0 Å². The van der Waals surface area contributed by atoms with Gasteiger partial charge < -0.3 is 9.88 Å². The zero-order valence-corrected chi connectivity index (χ0v) is 18.8. The van der Waals surface area contributed by atoms with Gasteiger partial charge in [0.1, 0.15) is 11.1 Å². The Bertz CT molecular complexity index is 947. The van der Waals surface area contributed by atoms with Gasteiger partial charge in [0.2, 0.25) is 5.91 Å². The van der Waals surface area contributed by atoms with E-state index in [1.54, 1.807) is 23.1 Å². The van der Waals surface area contributed by atoms with Crippen LogP contribution in [0.3, 0.4) is 0 Å². The van der Waals surface area contributed by atoms with Crippen molar-refractivity contribution in [2.45, 2.75) is 82.8 Å². The molecular formula is C22H28N4OS2. The number of amides is 1. The van der Waals surface area contributed by atoms with Crippen LogP contribution < -0.4 is 5.32 Å². The van der Waals surface area contributed by atoms with Crippen LogP contribution in [0.2, 0.25) is 0 Å². The SMILES string of the molecule is Cc1nc(SCCC(=O)Nc2sc3c(c2C#N)CCCC3)n(C2CCCC2)c1C. The number of rotatable bonds is 6. The number of carbonyl (C=O) groups is 1. The minimum atomic E-state index is -0.0139. The molecule has 1 amide bonds. The van der Waals surface area contributed by atoms with Crippen LogP contribution in [0.5, 0.6) is 0 Å². The van der Waals surface area contributed by atoms with E-state index in [0.717, 1.165) is 40.7 Å². The third kappa shape index (κ3) is 4.24. The maximum Gasteiger partial charge on any atom is 0.225 e. The Kier molecular flexibility index (Phi) is 6.31. The number of fused-ring (bicyclic) bond motifs is 1. The minimum absolute atomic E-state index is 0.0139. The highest BCUT2D eigenvalue weighted by atomic mass is 32.2. The van der Waals surface area contributed by atoms with Crippen LogP contribution in [0.1, 0.15) is 78.4 Å². The van der Waals surface area contributed by atoms with E-state index in [4.69, 9.17) is 4.98 Å². The van der Waals surface area contributed by atoms with Crippen LogP contribution in [0, 0.1) is 25.2 Å². The summed E-state index contributed by atoms with van der Waals surface area (Å²) in [5.74, 6) is 0.682. The van der Waals surface area contributed by atoms with E-state index in [0.29, 0.717) is 23.8 Å². The predicted molar refractivity (Wildman–Crippen MR) is 119 cm³/mol. The zero-order chi connectivity index (χ0) is 20.4. The molecule has 1 saturated carbocycles. The van der Waals surface area contributed by atoms with Crippen molar-refractivity contribution in [3.63, 3.8) is 0 Å². The average Bonchev–Trinajstić information content (AvgIpc) is 3.40. The van der Waals surface area contributed by atoms with Crippen LogP contribution in [0.15, 0.2) is 5.16 Å². The van der Waals surface area contributed by atoms with Crippen molar-refractivity contribution in [1.82, 2.24) is 9.55 Å². The Morgan fingerprint density at radius 3 is 2.79 bits per heavy atom. The average molecular weight is 429 g/mol. The van der Waals surface area contributed by atoms with E-state index in [-0.39, 0.29) is 5.91 Å². The van der Waals surface area contributed by atoms with Gasteiger partial charge >= 0.3 is 0 Å². The van der Waals surface area contributed by atoms with Gasteiger partial charge in [-0.3, -0.25) is 4.79 Å². The molecule has 2 aromatic rings. The number of aromatic nitrogens is 2. The summed E-state index contributed by atoms with van der Waals surface area (Å²) < 4.78 is 2.39. The number of anilines is 1. The Balaban J connectivity index is 1.37. The number of hydrogen-bond acceptors (Lipinski definition) is 5. The number of nitriles is 1. The van der Waals surface area contributed by atoms with Gasteiger partial charge in [0.25, 0.3) is 0 Å². The van der Waals surface area contributed by atoms with Gasteiger partial charge in [-0.15, -0.1) is 11.3 Å². The molecule has 29 heavy (non-hydrogen) atoms. The number of hydrogen-bond donors (Lipinski definition) is 1. The summed E-state index contributed by atoms with van der Waals surface area (Å²) in [6.45, 7) is 4.22. The first-order valence-electron chi connectivity index (χ1n) is 10.6. The van der Waals surface area contributed by atoms with Gasteiger partial charge in [0.15, 0.2) is 5.16 Å². The Morgan fingerprint density at radius 2 is 2.03 bits per heavy atom. The van der Waals surface area contributed by atoms with Crippen molar-refractivity contribution in [1.29, 1.82) is 5.26 Å². The first kappa shape index (κ1) is 20.5. The molecule has 0 unspecified atom stereocenters. The number of nitrogens with one attached hydrogen (secondary N) is 1. The van der Waals surface area contributed by atoms with Crippen LogP contribution in [-0.4, -0.2) is 21.2 Å². The number of thioether (sulfide) groups is 1. The van der Waals surface area contributed by atoms with Gasteiger partial charge in [-0.25, -0.2) is 4.98 Å². The topological polar surface area (TPSA) is 70.7 Å². The van der Waals surface area contributed by atoms with E-state index in [2.05, 4.69) is 29.8 Å². The molecule has 0 atom stereocenters. The number of imidazole rings is 1. The van der Waals surface area contributed by atoms with Gasteiger partial charge in [-0.05, 0) is 57.9 Å². The molecule has 2 heterocycles. The Morgan fingerprint density at radius 1 is 1.28 bits per heavy atom. The summed E-state index contributed by atoms with van der Waals surface area (Å²) in [6, 6.07) is 2.87. The minimum Gasteiger partial charge on any atom is -0.320 e. The standard InChI is InChI=1S/C22H28N4OS2/c1-14-15(2)26(16-7-3-4-8-16)22(24-14)28-12-11-20(27)25-21-18(13-23)17-9-5-6-10-19(17)29-21/h16H,3-12H2,1-2H3,(H,25,27). The lowest BCUT2D eigenvalue weighted by Gasteiger charge is -2.16. The lowest BCUT2D eigenvalue weighted by molar-refractivity contribution is -0.115. The molecule has 0 aromatic carbocycles. The Hall–Kier alpha value is -1.78. The summed E-state index contributed by atoms with van der Waals surface area (Å²) in [5.41, 5.74) is 4.20. The monoisotopic (exact) mass is 428 g/mol. The van der Waals surface area contributed by atoms with Crippen molar-refractivity contribution < 1.29 is 4.79 Å². The maximum absolute atomic E-state index is 12.5. The smallest absolute Gasteiger partial charge is 0.225 e. The summed E-state index contributed by atoms with van der Waals surface area (Å²) in [4.78, 5) is 18.6. The molecule has 0 spiro atoms. The second-order valence-corrected chi connectivity index (χ2v) is 10.2. The lowest BCUT2D eigenvalue weighted by atomic mass is 9.96. The van der Waals surface area contributed by atoms with Crippen molar-refractivity contribution in [2.24, 2.45) is 0 Å². The van der Waals surface area contributed by atoms with Gasteiger partial charge in [0, 0.05) is 28.8 Å². The number of thiophene rings is 1. The van der Waals surface area contributed by atoms with E-state index in [9.17, 15) is 10.1 Å². The number of carbonyl (C=O) groups excluding carboxylic acids is 1. The fourth-order valence-electron chi connectivity index (χ4n) is 4.49. The molecule has 2 aromatic heterocycles. The molecular weight excluding hydrogens is 400 g/mol. The summed E-state index contributed by atoms with van der Waals surface area (Å²) in [7, 11) is 0. The molecule has 5 nitrogen and oxygen atoms in total. The molecule has 0 saturated heterocycles. The fraction of sp³-hybridized carbons (Fsp3) is 0.591. The second-order valence-electron chi connectivity index (χ2n) is 8.05. The normalized spacial score (nSPS) is 16.6. The predicted octanol–water partition coefficient (Wildman–Crippen LogP) is 5.55. The molecule has 4 rings (SSSR count). The van der Waals surface area contributed by atoms with Gasteiger partial charge in [-0.2, -0.15) is 5.26 Å². The van der Waals surface area contributed by atoms with Crippen LogP contribution >= 0.6 is 23.1 Å². The highest BCUT2D eigenvalue weighted by Gasteiger charge is 2.24. The van der Waals surface area contributed by atoms with Crippen molar-refractivity contribution >= 4 is 34.0 Å². The molecule has 1 fully saturated rings. The first-order chi connectivity index (χ1) is 14.1. The quantitative estimate of drug-likeness (QED) is 0.613. The maximum atomic E-state index is 12.5. The summed E-state index contributed by atoms with van der Waals surface area (Å²) >= 11 is 3.27. The number of nitrogens with zero attached hydrogens (tertiary/aromatic N) is 3.